The van der Waals surface area contributed by atoms with Gasteiger partial charge in [-0.1, -0.05) is 12.1 Å². The van der Waals surface area contributed by atoms with Crippen molar-refractivity contribution in [2.45, 2.75) is 12.2 Å². The van der Waals surface area contributed by atoms with Crippen LogP contribution in [0.3, 0.4) is 0 Å². The van der Waals surface area contributed by atoms with Gasteiger partial charge in [0.15, 0.2) is 5.58 Å². The summed E-state index contributed by atoms with van der Waals surface area (Å²) < 4.78 is 44.2. The molecule has 1 atom stereocenters. The monoisotopic (exact) mass is 372 g/mol. The van der Waals surface area contributed by atoms with Crippen molar-refractivity contribution in [3.8, 4) is 11.5 Å². The Morgan fingerprint density at radius 3 is 2.37 bits per heavy atom. The molecule has 138 valence electrons. The van der Waals surface area contributed by atoms with Gasteiger partial charge in [-0.15, -0.1) is 0 Å². The Bertz CT molecular complexity index is 1120. The predicted molar refractivity (Wildman–Crippen MR) is 95.7 cm³/mol. The Labute approximate surface area is 151 Å². The van der Waals surface area contributed by atoms with E-state index in [9.17, 15) is 13.2 Å². The summed E-state index contributed by atoms with van der Waals surface area (Å²) >= 11 is 0. The van der Waals surface area contributed by atoms with E-state index in [1.807, 2.05) is 24.3 Å². The summed E-state index contributed by atoms with van der Waals surface area (Å²) in [5, 5.41) is 0.742. The minimum atomic E-state index is -4.40. The van der Waals surface area contributed by atoms with Gasteiger partial charge < -0.3 is 15.9 Å². The molecule has 0 radical (unpaired) electrons. The number of nitrogens with zero attached hydrogens (tertiary/aromatic N) is 2. The van der Waals surface area contributed by atoms with Crippen LogP contribution >= 0.6 is 0 Å². The summed E-state index contributed by atoms with van der Waals surface area (Å²) in [7, 11) is 0. The van der Waals surface area contributed by atoms with Crippen molar-refractivity contribution in [2.75, 3.05) is 6.54 Å². The van der Waals surface area contributed by atoms with E-state index in [1.165, 1.54) is 12.1 Å². The Kier molecular flexibility index (Phi) is 4.09. The molecule has 0 saturated heterocycles. The minimum absolute atomic E-state index is 0.170. The van der Waals surface area contributed by atoms with Crippen LogP contribution in [-0.2, 0) is 6.18 Å². The van der Waals surface area contributed by atoms with E-state index in [0.29, 0.717) is 27.9 Å². The maximum Gasteiger partial charge on any atom is 0.416 e. The van der Waals surface area contributed by atoms with Crippen LogP contribution < -0.4 is 11.5 Å². The number of oxazole rings is 1. The van der Waals surface area contributed by atoms with E-state index in [-0.39, 0.29) is 12.4 Å². The van der Waals surface area contributed by atoms with Gasteiger partial charge in [-0.05, 0) is 36.4 Å². The molecule has 0 aliphatic heterocycles. The number of nitrogens with two attached hydrogens (primary N) is 2. The third-order valence-corrected chi connectivity index (χ3v) is 4.32. The maximum absolute atomic E-state index is 12.8. The average molecular weight is 372 g/mol. The van der Waals surface area contributed by atoms with Crippen molar-refractivity contribution >= 4 is 22.0 Å². The summed E-state index contributed by atoms with van der Waals surface area (Å²) in [5.74, 6) is 0.197. The zero-order chi connectivity index (χ0) is 19.2. The number of fused-ring (bicyclic) bond motifs is 3. The number of halogens is 3. The topological polar surface area (TPSA) is 91.0 Å². The first-order valence-electron chi connectivity index (χ1n) is 8.21. The fourth-order valence-electron chi connectivity index (χ4n) is 2.92. The lowest BCUT2D eigenvalue weighted by Gasteiger charge is -2.09. The smallest absolute Gasteiger partial charge is 0.416 e. The lowest BCUT2D eigenvalue weighted by molar-refractivity contribution is -0.137. The molecular formula is C19H15F3N4O. The van der Waals surface area contributed by atoms with Crippen molar-refractivity contribution < 1.29 is 17.6 Å². The number of alkyl halides is 3. The van der Waals surface area contributed by atoms with Crippen LogP contribution in [-0.4, -0.2) is 16.5 Å². The number of hydrogen-bond acceptors (Lipinski definition) is 5. The number of benzene rings is 2. The van der Waals surface area contributed by atoms with E-state index >= 15 is 0 Å². The molecule has 0 saturated carbocycles. The van der Waals surface area contributed by atoms with E-state index in [1.54, 1.807) is 0 Å². The Morgan fingerprint density at radius 1 is 1.00 bits per heavy atom. The van der Waals surface area contributed by atoms with Crippen molar-refractivity contribution in [3.63, 3.8) is 0 Å². The average Bonchev–Trinajstić information content (AvgIpc) is 3.12. The van der Waals surface area contributed by atoms with Gasteiger partial charge >= 0.3 is 6.18 Å². The van der Waals surface area contributed by atoms with Gasteiger partial charge in [-0.2, -0.15) is 13.2 Å². The number of aromatic nitrogens is 2. The zero-order valence-electron chi connectivity index (χ0n) is 14.0. The van der Waals surface area contributed by atoms with E-state index in [2.05, 4.69) is 9.97 Å². The van der Waals surface area contributed by atoms with Crippen LogP contribution in [0.5, 0.6) is 0 Å². The maximum atomic E-state index is 12.8. The molecule has 2 aromatic heterocycles. The highest BCUT2D eigenvalue weighted by molar-refractivity contribution is 6.02. The minimum Gasteiger partial charge on any atom is -0.435 e. The largest absolute Gasteiger partial charge is 0.435 e. The molecule has 4 N–H and O–H groups in total. The molecule has 0 fully saturated rings. The van der Waals surface area contributed by atoms with Crippen molar-refractivity contribution in [3.05, 3.63) is 59.8 Å². The lowest BCUT2D eigenvalue weighted by Crippen LogP contribution is -2.22. The van der Waals surface area contributed by atoms with E-state index in [4.69, 9.17) is 15.9 Å². The van der Waals surface area contributed by atoms with Crippen LogP contribution in [0, 0.1) is 0 Å². The highest BCUT2D eigenvalue weighted by Crippen LogP contribution is 2.34. The first-order valence-corrected chi connectivity index (χ1v) is 8.21. The van der Waals surface area contributed by atoms with Crippen molar-refractivity contribution in [2.24, 2.45) is 11.5 Å². The van der Waals surface area contributed by atoms with Gasteiger partial charge in [-0.25, -0.2) is 9.97 Å². The SMILES string of the molecule is NCC(N)c1nc2ccccc2c2oc(-c3ccc(C(F)(F)F)cc3)nc12. The molecule has 8 heteroatoms. The second-order valence-corrected chi connectivity index (χ2v) is 6.13. The van der Waals surface area contributed by atoms with Gasteiger partial charge in [0.1, 0.15) is 5.52 Å². The molecule has 27 heavy (non-hydrogen) atoms. The standard InChI is InChI=1S/C19H15F3N4O/c20-19(21,22)11-7-5-10(6-8-11)18-26-16-15(13(24)9-23)25-14-4-2-1-3-12(14)17(16)27-18/h1-8,13H,9,23-24H2. The molecular weight excluding hydrogens is 357 g/mol. The fourth-order valence-corrected chi connectivity index (χ4v) is 2.92. The van der Waals surface area contributed by atoms with Crippen LogP contribution in [0.25, 0.3) is 33.5 Å². The Balaban J connectivity index is 1.92. The molecule has 2 heterocycles. The van der Waals surface area contributed by atoms with Crippen molar-refractivity contribution in [1.29, 1.82) is 0 Å². The van der Waals surface area contributed by atoms with E-state index in [0.717, 1.165) is 17.5 Å². The fraction of sp³-hybridized carbons (Fsp3) is 0.158. The molecule has 1 unspecified atom stereocenters. The van der Waals surface area contributed by atoms with Crippen LogP contribution in [0.15, 0.2) is 52.9 Å². The number of pyridine rings is 1. The van der Waals surface area contributed by atoms with Gasteiger partial charge in [0.2, 0.25) is 5.89 Å². The number of rotatable bonds is 3. The third-order valence-electron chi connectivity index (χ3n) is 4.32. The normalized spacial score (nSPS) is 13.4. The number of hydrogen-bond donors (Lipinski definition) is 2. The van der Waals surface area contributed by atoms with Gasteiger partial charge in [-0.3, -0.25) is 0 Å². The Morgan fingerprint density at radius 2 is 1.70 bits per heavy atom. The number of para-hydroxylation sites is 1. The third kappa shape index (κ3) is 3.02. The van der Waals surface area contributed by atoms with Crippen LogP contribution in [0.1, 0.15) is 17.3 Å². The lowest BCUT2D eigenvalue weighted by atomic mass is 10.1. The predicted octanol–water partition coefficient (Wildman–Crippen LogP) is 4.02. The Hall–Kier alpha value is -2.97. The van der Waals surface area contributed by atoms with Crippen molar-refractivity contribution in [1.82, 2.24) is 9.97 Å². The summed E-state index contributed by atoms with van der Waals surface area (Å²) in [4.78, 5) is 9.00. The van der Waals surface area contributed by atoms with Crippen LogP contribution in [0.4, 0.5) is 13.2 Å². The highest BCUT2D eigenvalue weighted by atomic mass is 19.4. The zero-order valence-corrected chi connectivity index (χ0v) is 14.0. The molecule has 0 aliphatic carbocycles. The first-order chi connectivity index (χ1) is 12.9. The van der Waals surface area contributed by atoms with Gasteiger partial charge in [0.05, 0.1) is 22.8 Å². The second kappa shape index (κ2) is 6.33. The summed E-state index contributed by atoms with van der Waals surface area (Å²) in [5.41, 5.74) is 13.6. The molecule has 0 aliphatic rings. The second-order valence-electron chi connectivity index (χ2n) is 6.13. The molecule has 4 aromatic rings. The van der Waals surface area contributed by atoms with E-state index < -0.39 is 17.8 Å². The highest BCUT2D eigenvalue weighted by Gasteiger charge is 2.30. The molecule has 2 aromatic carbocycles. The van der Waals surface area contributed by atoms with Gasteiger partial charge in [0, 0.05) is 17.5 Å². The summed E-state index contributed by atoms with van der Waals surface area (Å²) in [6.45, 7) is 0.170. The first kappa shape index (κ1) is 17.4. The molecule has 5 nitrogen and oxygen atoms in total. The summed E-state index contributed by atoms with van der Waals surface area (Å²) in [6.07, 6.45) is -4.40. The van der Waals surface area contributed by atoms with Gasteiger partial charge in [0.25, 0.3) is 0 Å². The quantitative estimate of drug-likeness (QED) is 0.567. The molecule has 0 bridgehead atoms. The molecule has 4 rings (SSSR count). The molecule has 0 spiro atoms. The molecule has 0 amide bonds. The van der Waals surface area contributed by atoms with Crippen LogP contribution in [0.2, 0.25) is 0 Å². The summed E-state index contributed by atoms with van der Waals surface area (Å²) in [6, 6.07) is 11.4.